The van der Waals surface area contributed by atoms with E-state index in [4.69, 9.17) is 26.4 Å². The summed E-state index contributed by atoms with van der Waals surface area (Å²) in [5.41, 5.74) is 7.56. The molecule has 0 amide bonds. The van der Waals surface area contributed by atoms with Crippen molar-refractivity contribution in [1.29, 1.82) is 0 Å². The van der Waals surface area contributed by atoms with Gasteiger partial charge < -0.3 is 19.5 Å². The molecule has 182 valence electrons. The number of anilines is 1. The van der Waals surface area contributed by atoms with Gasteiger partial charge in [0.1, 0.15) is 29.5 Å². The molecule has 0 bridgehead atoms. The predicted molar refractivity (Wildman–Crippen MR) is 145 cm³/mol. The average Bonchev–Trinajstić information content (AvgIpc) is 2.83. The Morgan fingerprint density at radius 1 is 1.03 bits per heavy atom. The minimum atomic E-state index is -0.388. The summed E-state index contributed by atoms with van der Waals surface area (Å²) in [7, 11) is 0. The maximum Gasteiger partial charge on any atom is 0.191 e. The normalized spacial score (nSPS) is 15.0. The van der Waals surface area contributed by atoms with Crippen LogP contribution in [0.3, 0.4) is 0 Å². The number of benzene rings is 3. The Morgan fingerprint density at radius 3 is 2.51 bits per heavy atom. The van der Waals surface area contributed by atoms with E-state index in [1.807, 2.05) is 75.4 Å². The summed E-state index contributed by atoms with van der Waals surface area (Å²) in [5.74, 6) is 2.35. The largest absolute Gasteiger partial charge is 0.494 e. The molecule has 0 radical (unpaired) electrons. The fourth-order valence-corrected chi connectivity index (χ4v) is 4.02. The van der Waals surface area contributed by atoms with Gasteiger partial charge >= 0.3 is 0 Å². The van der Waals surface area contributed by atoms with Crippen LogP contribution in [0.4, 0.5) is 5.69 Å². The van der Waals surface area contributed by atoms with Gasteiger partial charge in [-0.2, -0.15) is 5.10 Å². The molecule has 7 heteroatoms. The Labute approximate surface area is 212 Å². The molecule has 0 unspecified atom stereocenters. The molecule has 4 rings (SSSR count). The standard InChI is InChI=1S/C28H31N3O3S/c1-5-32-22-12-10-21(11-13-22)29-27(35)31-30-25-17-28(3,4)34-26-15-14-23(16-24(25)26)33-18-20-9-7-6-8-19(20)2/h6-16H,5,17-18H2,1-4H3,(H2,29,31,35)/b30-25-. The highest BCUT2D eigenvalue weighted by atomic mass is 32.1. The number of nitrogens with zero attached hydrogens (tertiary/aromatic N) is 1. The van der Waals surface area contributed by atoms with Crippen LogP contribution >= 0.6 is 12.2 Å². The SMILES string of the molecule is CCOc1ccc(NC(=S)N/N=C2/CC(C)(C)Oc3ccc(OCc4ccccc4C)cc32)cc1. The number of fused-ring (bicyclic) bond motifs is 1. The van der Waals surface area contributed by atoms with E-state index >= 15 is 0 Å². The summed E-state index contributed by atoms with van der Waals surface area (Å²) >= 11 is 5.46. The average molecular weight is 490 g/mol. The van der Waals surface area contributed by atoms with Crippen molar-refractivity contribution in [2.75, 3.05) is 11.9 Å². The van der Waals surface area contributed by atoms with Gasteiger partial charge in [0.15, 0.2) is 5.11 Å². The third-order valence-electron chi connectivity index (χ3n) is 5.61. The number of thiocarbonyl (C=S) groups is 1. The lowest BCUT2D eigenvalue weighted by Gasteiger charge is -2.33. The van der Waals surface area contributed by atoms with E-state index in [0.29, 0.717) is 24.7 Å². The first-order chi connectivity index (χ1) is 16.8. The van der Waals surface area contributed by atoms with Gasteiger partial charge in [0.25, 0.3) is 0 Å². The maximum absolute atomic E-state index is 6.20. The summed E-state index contributed by atoms with van der Waals surface area (Å²) in [5, 5.41) is 8.19. The molecule has 35 heavy (non-hydrogen) atoms. The monoisotopic (exact) mass is 489 g/mol. The van der Waals surface area contributed by atoms with Crippen LogP contribution in [0.2, 0.25) is 0 Å². The topological polar surface area (TPSA) is 64.1 Å². The van der Waals surface area contributed by atoms with E-state index in [2.05, 4.69) is 34.9 Å². The zero-order chi connectivity index (χ0) is 24.8. The predicted octanol–water partition coefficient (Wildman–Crippen LogP) is 6.22. The molecule has 1 aliphatic rings. The minimum Gasteiger partial charge on any atom is -0.494 e. The molecule has 0 fully saturated rings. The molecular formula is C28H31N3O3S. The lowest BCUT2D eigenvalue weighted by Crippen LogP contribution is -2.37. The van der Waals surface area contributed by atoms with Gasteiger partial charge in [-0.25, -0.2) is 0 Å². The molecule has 0 atom stereocenters. The summed E-state index contributed by atoms with van der Waals surface area (Å²) in [6.45, 7) is 9.26. The summed E-state index contributed by atoms with van der Waals surface area (Å²) in [4.78, 5) is 0. The molecule has 3 aromatic carbocycles. The number of hydrazone groups is 1. The summed E-state index contributed by atoms with van der Waals surface area (Å²) in [6.07, 6.45) is 0.625. The third kappa shape index (κ3) is 6.51. The Morgan fingerprint density at radius 2 is 1.77 bits per heavy atom. The molecule has 0 aliphatic carbocycles. The van der Waals surface area contributed by atoms with Gasteiger partial charge in [0, 0.05) is 17.7 Å². The van der Waals surface area contributed by atoms with Crippen molar-refractivity contribution in [2.45, 2.75) is 46.3 Å². The van der Waals surface area contributed by atoms with Crippen molar-refractivity contribution in [2.24, 2.45) is 5.10 Å². The van der Waals surface area contributed by atoms with E-state index < -0.39 is 0 Å². The van der Waals surface area contributed by atoms with Crippen molar-refractivity contribution in [3.8, 4) is 17.2 Å². The van der Waals surface area contributed by atoms with Crippen molar-refractivity contribution >= 4 is 28.7 Å². The van der Waals surface area contributed by atoms with Crippen LogP contribution in [0, 0.1) is 6.92 Å². The Bertz CT molecular complexity index is 1220. The van der Waals surface area contributed by atoms with Gasteiger partial charge in [0.05, 0.1) is 12.3 Å². The van der Waals surface area contributed by atoms with Gasteiger partial charge in [-0.3, -0.25) is 5.43 Å². The van der Waals surface area contributed by atoms with Crippen LogP contribution in [-0.2, 0) is 6.61 Å². The third-order valence-corrected chi connectivity index (χ3v) is 5.81. The Balaban J connectivity index is 1.47. The van der Waals surface area contributed by atoms with E-state index in [1.54, 1.807) is 0 Å². The van der Waals surface area contributed by atoms with Crippen molar-refractivity contribution in [3.05, 3.63) is 83.4 Å². The van der Waals surface area contributed by atoms with Crippen LogP contribution in [0.1, 0.15) is 43.9 Å². The molecule has 3 aromatic rings. The second-order valence-corrected chi connectivity index (χ2v) is 9.40. The van der Waals surface area contributed by atoms with Crippen LogP contribution in [0.5, 0.6) is 17.2 Å². The quantitative estimate of drug-likeness (QED) is 0.303. The van der Waals surface area contributed by atoms with Crippen LogP contribution in [-0.4, -0.2) is 23.0 Å². The molecule has 1 heterocycles. The lowest BCUT2D eigenvalue weighted by molar-refractivity contribution is 0.111. The van der Waals surface area contributed by atoms with E-state index in [1.165, 1.54) is 5.56 Å². The van der Waals surface area contributed by atoms with Gasteiger partial charge in [-0.05, 0) is 93.5 Å². The highest BCUT2D eigenvalue weighted by molar-refractivity contribution is 7.80. The number of hydrogen-bond acceptors (Lipinski definition) is 5. The molecule has 0 saturated carbocycles. The number of hydrogen-bond donors (Lipinski definition) is 2. The summed E-state index contributed by atoms with van der Waals surface area (Å²) < 4.78 is 17.8. The van der Waals surface area contributed by atoms with E-state index in [9.17, 15) is 0 Å². The Kier molecular flexibility index (Phi) is 7.56. The van der Waals surface area contributed by atoms with Gasteiger partial charge in [0.2, 0.25) is 0 Å². The highest BCUT2D eigenvalue weighted by Gasteiger charge is 2.31. The molecular weight excluding hydrogens is 458 g/mol. The second kappa shape index (κ2) is 10.8. The number of ether oxygens (including phenoxy) is 3. The summed E-state index contributed by atoms with van der Waals surface area (Å²) in [6, 6.07) is 21.7. The van der Waals surface area contributed by atoms with Gasteiger partial charge in [-0.1, -0.05) is 24.3 Å². The zero-order valence-corrected chi connectivity index (χ0v) is 21.4. The lowest BCUT2D eigenvalue weighted by atomic mass is 9.92. The Hall–Kier alpha value is -3.58. The highest BCUT2D eigenvalue weighted by Crippen LogP contribution is 2.35. The first-order valence-electron chi connectivity index (χ1n) is 11.7. The smallest absolute Gasteiger partial charge is 0.191 e. The number of nitrogens with one attached hydrogen (secondary N) is 2. The molecule has 0 aromatic heterocycles. The first-order valence-corrected chi connectivity index (χ1v) is 12.1. The van der Waals surface area contributed by atoms with Gasteiger partial charge in [-0.15, -0.1) is 0 Å². The molecule has 6 nitrogen and oxygen atoms in total. The van der Waals surface area contributed by atoms with Crippen LogP contribution in [0.15, 0.2) is 71.8 Å². The molecule has 2 N–H and O–H groups in total. The number of rotatable bonds is 7. The fraction of sp³-hybridized carbons (Fsp3) is 0.286. The van der Waals surface area contributed by atoms with Crippen molar-refractivity contribution < 1.29 is 14.2 Å². The van der Waals surface area contributed by atoms with Crippen LogP contribution in [0.25, 0.3) is 0 Å². The molecule has 1 aliphatic heterocycles. The maximum atomic E-state index is 6.20. The van der Waals surface area contributed by atoms with E-state index in [0.717, 1.165) is 39.8 Å². The minimum absolute atomic E-state index is 0.388. The van der Waals surface area contributed by atoms with Crippen molar-refractivity contribution in [3.63, 3.8) is 0 Å². The molecule has 0 saturated heterocycles. The second-order valence-electron chi connectivity index (χ2n) is 8.99. The number of aryl methyl sites for hydroxylation is 1. The van der Waals surface area contributed by atoms with E-state index in [-0.39, 0.29) is 5.60 Å². The molecule has 0 spiro atoms. The van der Waals surface area contributed by atoms with Crippen LogP contribution < -0.4 is 25.0 Å². The first kappa shape index (κ1) is 24.5. The van der Waals surface area contributed by atoms with Crippen molar-refractivity contribution in [1.82, 2.24) is 5.43 Å². The zero-order valence-electron chi connectivity index (χ0n) is 20.6. The fourth-order valence-electron chi connectivity index (χ4n) is 3.86.